The molecule has 0 aliphatic rings. The van der Waals surface area contributed by atoms with Crippen LogP contribution in [0.5, 0.6) is 0 Å². The monoisotopic (exact) mass is 434 g/mol. The average molecular weight is 435 g/mol. The van der Waals surface area contributed by atoms with Crippen LogP contribution >= 0.6 is 0 Å². The summed E-state index contributed by atoms with van der Waals surface area (Å²) in [6.45, 7) is 5.55. The molecule has 2 heterocycles. The summed E-state index contributed by atoms with van der Waals surface area (Å²) in [4.78, 5) is 14.8. The number of allylic oxidation sites excluding steroid dienone is 1. The van der Waals surface area contributed by atoms with Crippen LogP contribution in [0.2, 0.25) is 0 Å². The molecule has 0 aliphatic heterocycles. The number of rotatable bonds is 5. The van der Waals surface area contributed by atoms with E-state index >= 15 is 0 Å². The van der Waals surface area contributed by atoms with Crippen molar-refractivity contribution >= 4 is 17.9 Å². The van der Waals surface area contributed by atoms with Gasteiger partial charge in [0.25, 0.3) is 0 Å². The van der Waals surface area contributed by atoms with Crippen LogP contribution < -0.4 is 11.5 Å². The molecule has 6 N–H and O–H groups in total. The second-order valence-electron chi connectivity index (χ2n) is 8.36. The van der Waals surface area contributed by atoms with Gasteiger partial charge in [-0.15, -0.1) is 0 Å². The summed E-state index contributed by atoms with van der Waals surface area (Å²) in [5, 5.41) is 20.2. The maximum absolute atomic E-state index is 10.5. The maximum Gasteiger partial charge on any atom is 0.131 e. The number of anilines is 1. The Labute approximate surface area is 188 Å². The zero-order chi connectivity index (χ0) is 23.9. The number of amidine groups is 1. The lowest BCUT2D eigenvalue weighted by molar-refractivity contribution is -0.107. The topological polar surface area (TPSA) is 144 Å². The normalized spacial score (nSPS) is 11.4. The van der Waals surface area contributed by atoms with Crippen LogP contribution in [-0.4, -0.2) is 32.0 Å². The largest absolute Gasteiger partial charge is 0.512 e. The van der Waals surface area contributed by atoms with E-state index in [1.165, 1.54) is 6.08 Å². The number of nitrogens with one attached hydrogen (secondary N) is 1. The molecule has 32 heavy (non-hydrogen) atoms. The smallest absolute Gasteiger partial charge is 0.131 e. The standard InChI is InChI=1S/C17H16N4O.C7H14N2O/c1-21-11-15(10-20-21)16-8-14(9-19-17(16)18)13-4-2-12(3-5-13)6-7-22;1-7(2,3)5(10)4-6(8)9/h2-5,7-11H,6H2,1H3,(H2,18,19);4,10H,1-3H3,(H3,8,9)/b;5-4-. The fourth-order valence-corrected chi connectivity index (χ4v) is 2.72. The van der Waals surface area contributed by atoms with Crippen LogP contribution in [0.1, 0.15) is 26.3 Å². The van der Waals surface area contributed by atoms with E-state index in [0.717, 1.165) is 34.1 Å². The Kier molecular flexibility index (Phi) is 7.90. The second kappa shape index (κ2) is 10.4. The van der Waals surface area contributed by atoms with Gasteiger partial charge < -0.3 is 21.4 Å². The van der Waals surface area contributed by atoms with Crippen LogP contribution in [0, 0.1) is 10.8 Å². The van der Waals surface area contributed by atoms with Crippen LogP contribution in [0.25, 0.3) is 22.3 Å². The summed E-state index contributed by atoms with van der Waals surface area (Å²) in [7, 11) is 1.86. The summed E-state index contributed by atoms with van der Waals surface area (Å²) in [5.74, 6) is 0.502. The molecule has 8 heteroatoms. The summed E-state index contributed by atoms with van der Waals surface area (Å²) in [5.41, 5.74) is 15.5. The third-order valence-electron chi connectivity index (χ3n) is 4.60. The number of aldehydes is 1. The van der Waals surface area contributed by atoms with E-state index in [-0.39, 0.29) is 17.0 Å². The van der Waals surface area contributed by atoms with Crippen LogP contribution in [0.15, 0.2) is 60.8 Å². The molecule has 0 amide bonds. The highest BCUT2D eigenvalue weighted by Crippen LogP contribution is 2.29. The van der Waals surface area contributed by atoms with Crippen molar-refractivity contribution in [1.29, 1.82) is 5.41 Å². The number of nitrogen functional groups attached to an aromatic ring is 1. The maximum atomic E-state index is 10.5. The number of aliphatic hydroxyl groups excluding tert-OH is 1. The SMILES string of the molecule is CC(C)(C)/C(O)=C/C(=N)N.Cn1cc(-c2cc(-c3ccc(CC=O)cc3)cnc2N)cn1. The number of aromatic nitrogens is 3. The number of nitrogens with two attached hydrogens (primary N) is 2. The highest BCUT2D eigenvalue weighted by Gasteiger charge is 2.15. The third kappa shape index (κ3) is 6.80. The second-order valence-corrected chi connectivity index (χ2v) is 8.36. The van der Waals surface area contributed by atoms with Gasteiger partial charge in [-0.2, -0.15) is 5.10 Å². The third-order valence-corrected chi connectivity index (χ3v) is 4.60. The van der Waals surface area contributed by atoms with Crippen LogP contribution in [0.4, 0.5) is 5.82 Å². The lowest BCUT2D eigenvalue weighted by atomic mass is 9.93. The molecule has 0 fully saturated rings. The molecule has 168 valence electrons. The van der Waals surface area contributed by atoms with Crippen molar-refractivity contribution < 1.29 is 9.90 Å². The minimum absolute atomic E-state index is 0.118. The van der Waals surface area contributed by atoms with Gasteiger partial charge in [0.05, 0.1) is 6.20 Å². The van der Waals surface area contributed by atoms with Gasteiger partial charge in [-0.25, -0.2) is 4.98 Å². The van der Waals surface area contributed by atoms with Crippen molar-refractivity contribution in [2.45, 2.75) is 27.2 Å². The number of carbonyl (C=O) groups is 1. The van der Waals surface area contributed by atoms with Crippen molar-refractivity contribution in [3.05, 3.63) is 66.3 Å². The number of hydrogen-bond donors (Lipinski definition) is 4. The van der Waals surface area contributed by atoms with E-state index in [1.54, 1.807) is 17.1 Å². The van der Waals surface area contributed by atoms with Crippen LogP contribution in [0.3, 0.4) is 0 Å². The summed E-state index contributed by atoms with van der Waals surface area (Å²) in [6, 6.07) is 9.87. The van der Waals surface area contributed by atoms with E-state index in [0.29, 0.717) is 12.2 Å². The summed E-state index contributed by atoms with van der Waals surface area (Å²) in [6.07, 6.45) is 8.01. The summed E-state index contributed by atoms with van der Waals surface area (Å²) >= 11 is 0. The number of pyridine rings is 1. The van der Waals surface area contributed by atoms with E-state index in [2.05, 4.69) is 10.1 Å². The number of benzene rings is 1. The number of carbonyl (C=O) groups excluding carboxylic acids is 1. The number of aliphatic hydroxyl groups is 1. The molecule has 0 saturated heterocycles. The molecule has 8 nitrogen and oxygen atoms in total. The fourth-order valence-electron chi connectivity index (χ4n) is 2.72. The first kappa shape index (κ1) is 24.3. The van der Waals surface area contributed by atoms with E-state index in [4.69, 9.17) is 16.9 Å². The Morgan fingerprint density at radius 1 is 1.16 bits per heavy atom. The Bertz CT molecular complexity index is 1110. The molecule has 1 aromatic carbocycles. The highest BCUT2D eigenvalue weighted by atomic mass is 16.3. The number of aryl methyl sites for hydroxylation is 1. The van der Waals surface area contributed by atoms with Gasteiger partial charge in [-0.1, -0.05) is 45.0 Å². The van der Waals surface area contributed by atoms with Gasteiger partial charge in [-0.3, -0.25) is 10.1 Å². The molecular formula is C24H30N6O2. The van der Waals surface area contributed by atoms with Gasteiger partial charge >= 0.3 is 0 Å². The Morgan fingerprint density at radius 3 is 2.28 bits per heavy atom. The first-order chi connectivity index (χ1) is 15.0. The van der Waals surface area contributed by atoms with Gasteiger partial charge in [0.2, 0.25) is 0 Å². The molecule has 0 spiro atoms. The predicted octanol–water partition coefficient (Wildman–Crippen LogP) is 3.88. The van der Waals surface area contributed by atoms with Crippen molar-refractivity contribution in [3.63, 3.8) is 0 Å². The fraction of sp³-hybridized carbons (Fsp3) is 0.250. The van der Waals surface area contributed by atoms with Crippen molar-refractivity contribution in [2.75, 3.05) is 5.73 Å². The Hall–Kier alpha value is -3.94. The Morgan fingerprint density at radius 2 is 1.81 bits per heavy atom. The van der Waals surface area contributed by atoms with E-state index in [9.17, 15) is 9.90 Å². The molecule has 0 unspecified atom stereocenters. The molecule has 0 radical (unpaired) electrons. The quantitative estimate of drug-likeness (QED) is 0.208. The van der Waals surface area contributed by atoms with Gasteiger partial charge in [0.1, 0.15) is 23.7 Å². The van der Waals surface area contributed by atoms with Crippen molar-refractivity contribution in [3.8, 4) is 22.3 Å². The van der Waals surface area contributed by atoms with Gasteiger partial charge in [-0.05, 0) is 17.2 Å². The zero-order valence-electron chi connectivity index (χ0n) is 18.8. The lowest BCUT2D eigenvalue weighted by Crippen LogP contribution is -2.14. The number of nitrogens with zero attached hydrogens (tertiary/aromatic N) is 3. The molecule has 0 bridgehead atoms. The van der Waals surface area contributed by atoms with Crippen molar-refractivity contribution in [1.82, 2.24) is 14.8 Å². The zero-order valence-corrected chi connectivity index (χ0v) is 18.8. The van der Waals surface area contributed by atoms with Gasteiger partial charge in [0, 0.05) is 54.0 Å². The first-order valence-electron chi connectivity index (χ1n) is 10.0. The minimum atomic E-state index is -0.314. The number of hydrogen-bond acceptors (Lipinski definition) is 6. The highest BCUT2D eigenvalue weighted by molar-refractivity contribution is 5.88. The van der Waals surface area contributed by atoms with Crippen LogP contribution in [-0.2, 0) is 18.3 Å². The molecule has 0 saturated carbocycles. The van der Waals surface area contributed by atoms with Crippen molar-refractivity contribution in [2.24, 2.45) is 18.2 Å². The molecule has 0 atom stereocenters. The van der Waals surface area contributed by atoms with Gasteiger partial charge in [0.15, 0.2) is 0 Å². The Balaban J connectivity index is 0.000000309. The van der Waals surface area contributed by atoms with E-state index in [1.807, 2.05) is 64.3 Å². The first-order valence-corrected chi connectivity index (χ1v) is 10.0. The molecule has 3 aromatic rings. The average Bonchev–Trinajstić information content (AvgIpc) is 3.15. The molecular weight excluding hydrogens is 404 g/mol. The van der Waals surface area contributed by atoms with E-state index < -0.39 is 0 Å². The molecule has 2 aromatic heterocycles. The molecule has 0 aliphatic carbocycles. The summed E-state index contributed by atoms with van der Waals surface area (Å²) < 4.78 is 1.73. The lowest BCUT2D eigenvalue weighted by Gasteiger charge is -2.16. The minimum Gasteiger partial charge on any atom is -0.512 e. The predicted molar refractivity (Wildman–Crippen MR) is 128 cm³/mol. The molecule has 3 rings (SSSR count).